The second-order valence-corrected chi connectivity index (χ2v) is 8.28. The molecule has 34 heavy (non-hydrogen) atoms. The molecule has 188 valence electrons. The highest BCUT2D eigenvalue weighted by Crippen LogP contribution is 2.15. The lowest BCUT2D eigenvalue weighted by Crippen LogP contribution is -2.28. The van der Waals surface area contributed by atoms with E-state index in [0.29, 0.717) is 21.3 Å². The van der Waals surface area contributed by atoms with Crippen molar-refractivity contribution >= 4 is 69.5 Å². The van der Waals surface area contributed by atoms with Crippen LogP contribution in [0.4, 0.5) is 4.39 Å². The van der Waals surface area contributed by atoms with Gasteiger partial charge in [-0.2, -0.15) is 0 Å². The zero-order chi connectivity index (χ0) is 25.6. The van der Waals surface area contributed by atoms with Gasteiger partial charge in [0, 0.05) is 21.6 Å². The first-order valence-corrected chi connectivity index (χ1v) is 11.1. The van der Waals surface area contributed by atoms with Gasteiger partial charge in [0.25, 0.3) is 0 Å². The van der Waals surface area contributed by atoms with Gasteiger partial charge in [0.2, 0.25) is 0 Å². The monoisotopic (exact) mass is 581 g/mol. The summed E-state index contributed by atoms with van der Waals surface area (Å²) in [6.45, 7) is 6.07. The van der Waals surface area contributed by atoms with Crippen LogP contribution in [0.2, 0.25) is 0 Å². The Morgan fingerprint density at radius 2 is 1.88 bits per heavy atom. The molecule has 0 spiro atoms. The summed E-state index contributed by atoms with van der Waals surface area (Å²) in [6.07, 6.45) is 0.746. The third-order valence-corrected chi connectivity index (χ3v) is 4.63. The number of nitrogens with two attached hydrogens (primary N) is 1. The van der Waals surface area contributed by atoms with Crippen LogP contribution < -0.4 is 5.73 Å². The maximum atomic E-state index is 12.3. The van der Waals surface area contributed by atoms with Crippen LogP contribution in [0.15, 0.2) is 34.2 Å². The summed E-state index contributed by atoms with van der Waals surface area (Å²) >= 11 is 4.41. The van der Waals surface area contributed by atoms with Crippen LogP contribution in [0, 0.1) is 11.2 Å². The second kappa shape index (κ2) is 17.7. The van der Waals surface area contributed by atoms with Gasteiger partial charge in [0.1, 0.15) is 18.0 Å². The van der Waals surface area contributed by atoms with E-state index in [-0.39, 0.29) is 42.4 Å². The fraction of sp³-hybridized carbons (Fsp3) is 0.333. The molecule has 9 nitrogen and oxygen atoms in total. The van der Waals surface area contributed by atoms with E-state index >= 15 is 0 Å². The minimum absolute atomic E-state index is 0. The highest BCUT2D eigenvalue weighted by Gasteiger charge is 2.20. The Kier molecular flexibility index (Phi) is 17.5. The summed E-state index contributed by atoms with van der Waals surface area (Å²) in [5, 5.41) is 9.25. The molecule has 0 radical (unpaired) electrons. The normalized spacial score (nSPS) is 10.2. The fourth-order valence-corrected chi connectivity index (χ4v) is 2.72. The van der Waals surface area contributed by atoms with Gasteiger partial charge < -0.3 is 15.2 Å². The molecular weight excluding hydrogens is 557 g/mol. The van der Waals surface area contributed by atoms with Crippen molar-refractivity contribution in [2.75, 3.05) is 0 Å². The number of carbonyl (C=O) groups is 4. The summed E-state index contributed by atoms with van der Waals surface area (Å²) in [5.41, 5.74) is 5.55. The molecule has 1 heterocycles. The first-order valence-electron chi connectivity index (χ1n) is 9.40. The zero-order valence-corrected chi connectivity index (χ0v) is 22.1. The van der Waals surface area contributed by atoms with Gasteiger partial charge in [-0.05, 0) is 61.8 Å². The largest absolute Gasteiger partial charge is 0.460 e. The molecule has 13 heteroatoms. The number of nitrogens with one attached hydrogen (secondary N) is 1. The lowest BCUT2D eigenvalue weighted by Gasteiger charge is -2.14. The van der Waals surface area contributed by atoms with Crippen LogP contribution in [0.3, 0.4) is 0 Å². The highest BCUT2D eigenvalue weighted by molar-refractivity contribution is 9.10. The number of carbonyl (C=O) groups excluding carboxylic acids is 4. The summed E-state index contributed by atoms with van der Waals surface area (Å²) in [4.78, 5) is 46.7. The predicted molar refractivity (Wildman–Crippen MR) is 132 cm³/mol. The van der Waals surface area contributed by atoms with Crippen molar-refractivity contribution in [3.05, 3.63) is 50.6 Å². The van der Waals surface area contributed by atoms with E-state index in [4.69, 9.17) is 15.9 Å². The van der Waals surface area contributed by atoms with Gasteiger partial charge in [-0.1, -0.05) is 0 Å². The number of Topliss-reactive ketones (excluding diaryl/α,β-unsaturated/α-hetero) is 1. The minimum Gasteiger partial charge on any atom is -0.460 e. The molecule has 0 saturated heterocycles. The van der Waals surface area contributed by atoms with Crippen molar-refractivity contribution < 1.29 is 33.0 Å². The minimum atomic E-state index is -0.973. The number of aromatic nitrogens is 1. The molecule has 3 N–H and O–H groups in total. The van der Waals surface area contributed by atoms with Crippen LogP contribution in [-0.4, -0.2) is 47.0 Å². The Hall–Kier alpha value is -2.70. The first-order chi connectivity index (χ1) is 15.4. The van der Waals surface area contributed by atoms with E-state index < -0.39 is 18.0 Å². The molecule has 0 saturated carbocycles. The van der Waals surface area contributed by atoms with Gasteiger partial charge >= 0.3 is 11.9 Å². The Morgan fingerprint density at radius 1 is 1.26 bits per heavy atom. The number of ketones is 1. The first kappa shape index (κ1) is 33.5. The second-order valence-electron chi connectivity index (χ2n) is 6.53. The number of thiazole rings is 1. The molecule has 1 atom stereocenters. The number of benzene rings is 1. The molecule has 1 aromatic carbocycles. The molecule has 0 fully saturated rings. The van der Waals surface area contributed by atoms with Gasteiger partial charge in [-0.25, -0.2) is 14.2 Å². The van der Waals surface area contributed by atoms with E-state index in [1.54, 1.807) is 25.4 Å². The molecule has 0 aliphatic heterocycles. The third-order valence-electron chi connectivity index (χ3n) is 3.14. The SMILES string of the molecule is CC(=O)CC(=O)O[C@@H](C)C(=O)OC(C)C.Cl.N=C(N)c1nccs1.O=Cc1ccc(F)cc1Br. The third kappa shape index (κ3) is 15.2. The lowest BCUT2D eigenvalue weighted by atomic mass is 10.2. The van der Waals surface area contributed by atoms with Crippen molar-refractivity contribution in [2.45, 2.75) is 46.3 Å². The number of hydrogen-bond donors (Lipinski definition) is 2. The van der Waals surface area contributed by atoms with Gasteiger partial charge in [0.15, 0.2) is 23.2 Å². The smallest absolute Gasteiger partial charge is 0.347 e. The number of hydrogen-bond acceptors (Lipinski definition) is 9. The molecule has 2 rings (SSSR count). The van der Waals surface area contributed by atoms with Gasteiger partial charge in [0.05, 0.1) is 6.10 Å². The van der Waals surface area contributed by atoms with Crippen molar-refractivity contribution in [3.63, 3.8) is 0 Å². The predicted octanol–water partition coefficient (Wildman–Crippen LogP) is 4.10. The van der Waals surface area contributed by atoms with E-state index in [2.05, 4.69) is 25.7 Å². The van der Waals surface area contributed by atoms with E-state index in [1.807, 2.05) is 0 Å². The summed E-state index contributed by atoms with van der Waals surface area (Å²) in [6, 6.07) is 3.92. The van der Waals surface area contributed by atoms with Crippen molar-refractivity contribution in [2.24, 2.45) is 5.73 Å². The highest BCUT2D eigenvalue weighted by atomic mass is 79.9. The van der Waals surface area contributed by atoms with Crippen molar-refractivity contribution in [1.29, 1.82) is 5.41 Å². The number of halogens is 3. The number of aldehydes is 1. The van der Waals surface area contributed by atoms with Crippen LogP contribution >= 0.6 is 39.7 Å². The molecular formula is C21H26BrClFN3O6S. The van der Waals surface area contributed by atoms with E-state index in [0.717, 1.165) is 0 Å². The van der Waals surface area contributed by atoms with E-state index in [1.165, 1.54) is 43.4 Å². The lowest BCUT2D eigenvalue weighted by molar-refractivity contribution is -0.169. The van der Waals surface area contributed by atoms with Crippen LogP contribution in [0.5, 0.6) is 0 Å². The van der Waals surface area contributed by atoms with Gasteiger partial charge in [-0.15, -0.1) is 23.7 Å². The maximum Gasteiger partial charge on any atom is 0.347 e. The average Bonchev–Trinajstić information content (AvgIpc) is 3.23. The Morgan fingerprint density at radius 3 is 2.26 bits per heavy atom. The number of esters is 2. The number of nitrogen functional groups attached to an aromatic ring is 1. The van der Waals surface area contributed by atoms with Crippen LogP contribution in [0.1, 0.15) is 49.5 Å². The molecule has 2 aromatic rings. The number of rotatable bonds is 7. The average molecular weight is 583 g/mol. The van der Waals surface area contributed by atoms with Crippen LogP contribution in [0.25, 0.3) is 0 Å². The maximum absolute atomic E-state index is 12.3. The van der Waals surface area contributed by atoms with Crippen molar-refractivity contribution in [1.82, 2.24) is 4.98 Å². The van der Waals surface area contributed by atoms with Gasteiger partial charge in [-0.3, -0.25) is 19.8 Å². The molecule has 0 amide bonds. The molecule has 1 aromatic heterocycles. The number of nitrogens with zero attached hydrogens (tertiary/aromatic N) is 1. The van der Waals surface area contributed by atoms with Crippen molar-refractivity contribution in [3.8, 4) is 0 Å². The van der Waals surface area contributed by atoms with Crippen LogP contribution in [-0.2, 0) is 23.9 Å². The fourth-order valence-electron chi connectivity index (χ4n) is 1.77. The standard InChI is InChI=1S/C10H16O5.C7H4BrFO.C4H5N3S.ClH/c1-6(2)14-10(13)8(4)15-9(12)5-7(3)11;8-7-3-6(9)2-1-5(7)4-10;5-3(6)4-7-1-2-8-4;/h6,8H,5H2,1-4H3;1-4H;1-2H,(H3,5,6);1H/t8-;;;/m0.../s1. The zero-order valence-electron chi connectivity index (χ0n) is 18.9. The topological polar surface area (TPSA) is 150 Å². The number of amidine groups is 1. The Labute approximate surface area is 215 Å². The summed E-state index contributed by atoms with van der Waals surface area (Å²) in [7, 11) is 0. The van der Waals surface area contributed by atoms with E-state index in [9.17, 15) is 23.6 Å². The number of ether oxygens (including phenoxy) is 2. The molecule has 0 unspecified atom stereocenters. The molecule has 0 aliphatic carbocycles. The quantitative estimate of drug-likeness (QED) is 0.163. The summed E-state index contributed by atoms with van der Waals surface area (Å²) in [5.74, 6) is -1.93. The summed E-state index contributed by atoms with van der Waals surface area (Å²) < 4.78 is 22.3. The Balaban J connectivity index is 0. The Bertz CT molecular complexity index is 960. The molecule has 0 aliphatic rings. The molecule has 0 bridgehead atoms.